The maximum Gasteiger partial charge on any atom is 0.148 e. The molecule has 0 amide bonds. The van der Waals surface area contributed by atoms with E-state index in [9.17, 15) is 0 Å². The molecule has 1 aliphatic carbocycles. The van der Waals surface area contributed by atoms with Crippen molar-refractivity contribution in [2.24, 2.45) is 17.7 Å². The lowest BCUT2D eigenvalue weighted by Crippen LogP contribution is -2.31. The summed E-state index contributed by atoms with van der Waals surface area (Å²) in [6.07, 6.45) is 6.18. The van der Waals surface area contributed by atoms with Gasteiger partial charge in [0.15, 0.2) is 0 Å². The van der Waals surface area contributed by atoms with Crippen LogP contribution in [0, 0.1) is 11.8 Å². The number of rotatable bonds is 4. The normalized spacial score (nSPS) is 27.1. The lowest BCUT2D eigenvalue weighted by atomic mass is 9.80. The molecule has 5 nitrogen and oxygen atoms in total. The molecule has 1 saturated carbocycles. The molecule has 0 aromatic carbocycles. The number of nitrogens with zero attached hydrogens (tertiary/aromatic N) is 2. The molecule has 0 saturated heterocycles. The van der Waals surface area contributed by atoms with Gasteiger partial charge in [0.05, 0.1) is 0 Å². The quantitative estimate of drug-likeness (QED) is 0.575. The molecular weight excluding hydrogens is 238 g/mol. The van der Waals surface area contributed by atoms with E-state index >= 15 is 0 Å². The van der Waals surface area contributed by atoms with E-state index in [0.717, 1.165) is 35.5 Å². The molecule has 2 unspecified atom stereocenters. The number of anilines is 2. The third-order valence-electron chi connectivity index (χ3n) is 3.95. The first-order valence-corrected chi connectivity index (χ1v) is 7.21. The van der Waals surface area contributed by atoms with Gasteiger partial charge in [-0.2, -0.15) is 0 Å². The summed E-state index contributed by atoms with van der Waals surface area (Å²) in [7, 11) is 0. The smallest absolute Gasteiger partial charge is 0.148 e. The third kappa shape index (κ3) is 3.35. The summed E-state index contributed by atoms with van der Waals surface area (Å²) in [5.74, 6) is 8.71. The van der Waals surface area contributed by atoms with Gasteiger partial charge in [0, 0.05) is 11.6 Å². The number of aromatic nitrogens is 2. The fourth-order valence-corrected chi connectivity index (χ4v) is 3.25. The summed E-state index contributed by atoms with van der Waals surface area (Å²) in [6, 6.07) is 0.504. The Bertz CT molecular complexity index is 410. The molecule has 19 heavy (non-hydrogen) atoms. The largest absolute Gasteiger partial charge is 0.367 e. The van der Waals surface area contributed by atoms with Crippen molar-refractivity contribution in [3.63, 3.8) is 0 Å². The molecular formula is C14H25N5. The average molecular weight is 263 g/mol. The monoisotopic (exact) mass is 263 g/mol. The third-order valence-corrected chi connectivity index (χ3v) is 3.95. The molecule has 0 bridgehead atoms. The molecule has 1 fully saturated rings. The fourth-order valence-electron chi connectivity index (χ4n) is 3.25. The van der Waals surface area contributed by atoms with Gasteiger partial charge in [-0.25, -0.2) is 15.8 Å². The summed E-state index contributed by atoms with van der Waals surface area (Å²) >= 11 is 0. The van der Waals surface area contributed by atoms with E-state index in [1.165, 1.54) is 19.3 Å². The SMILES string of the molecule is CCc1c(NN)ncnc1NC1CC(C)CC(C)C1. The first-order valence-electron chi connectivity index (χ1n) is 7.21. The minimum absolute atomic E-state index is 0.504. The van der Waals surface area contributed by atoms with Crippen molar-refractivity contribution in [1.29, 1.82) is 0 Å². The maximum atomic E-state index is 5.50. The Kier molecular flexibility index (Phi) is 4.58. The second-order valence-corrected chi connectivity index (χ2v) is 5.81. The van der Waals surface area contributed by atoms with E-state index in [4.69, 9.17) is 5.84 Å². The molecule has 4 N–H and O–H groups in total. The number of hydrogen-bond acceptors (Lipinski definition) is 5. The van der Waals surface area contributed by atoms with E-state index < -0.39 is 0 Å². The lowest BCUT2D eigenvalue weighted by molar-refractivity contribution is 0.280. The van der Waals surface area contributed by atoms with E-state index in [1.54, 1.807) is 6.33 Å². The Balaban J connectivity index is 2.14. The number of hydrazine groups is 1. The Morgan fingerprint density at radius 3 is 2.37 bits per heavy atom. The Morgan fingerprint density at radius 1 is 1.16 bits per heavy atom. The number of nitrogens with one attached hydrogen (secondary N) is 2. The van der Waals surface area contributed by atoms with Crippen LogP contribution in [0.25, 0.3) is 0 Å². The molecule has 0 spiro atoms. The maximum absolute atomic E-state index is 5.50. The van der Waals surface area contributed by atoms with Crippen molar-refractivity contribution in [3.05, 3.63) is 11.9 Å². The van der Waals surface area contributed by atoms with Gasteiger partial charge in [0.1, 0.15) is 18.0 Å². The molecule has 2 rings (SSSR count). The molecule has 1 aliphatic rings. The van der Waals surface area contributed by atoms with Crippen molar-refractivity contribution in [3.8, 4) is 0 Å². The first kappa shape index (κ1) is 14.1. The average Bonchev–Trinajstić information content (AvgIpc) is 2.37. The number of hydrogen-bond donors (Lipinski definition) is 3. The standard InChI is InChI=1S/C14H25N5/c1-4-12-13(16-8-17-14(12)19-15)18-11-6-9(2)5-10(3)7-11/h8-11H,4-7,15H2,1-3H3,(H2,16,17,18,19). The molecule has 2 atom stereocenters. The molecule has 1 heterocycles. The summed E-state index contributed by atoms with van der Waals surface area (Å²) in [5, 5.41) is 3.59. The molecule has 0 radical (unpaired) electrons. The van der Waals surface area contributed by atoms with Gasteiger partial charge in [0.2, 0.25) is 0 Å². The lowest BCUT2D eigenvalue weighted by Gasteiger charge is -2.32. The highest BCUT2D eigenvalue weighted by Gasteiger charge is 2.24. The molecule has 1 aromatic rings. The van der Waals surface area contributed by atoms with Gasteiger partial charge in [-0.15, -0.1) is 0 Å². The van der Waals surface area contributed by atoms with E-state index in [1.807, 2.05) is 0 Å². The van der Waals surface area contributed by atoms with Gasteiger partial charge in [-0.3, -0.25) is 0 Å². The Hall–Kier alpha value is -1.36. The van der Waals surface area contributed by atoms with Crippen LogP contribution in [-0.4, -0.2) is 16.0 Å². The van der Waals surface area contributed by atoms with Crippen molar-refractivity contribution >= 4 is 11.6 Å². The van der Waals surface area contributed by atoms with Crippen molar-refractivity contribution < 1.29 is 0 Å². The van der Waals surface area contributed by atoms with Crippen LogP contribution >= 0.6 is 0 Å². The van der Waals surface area contributed by atoms with Gasteiger partial charge in [-0.05, 0) is 37.5 Å². The van der Waals surface area contributed by atoms with Crippen LogP contribution in [0.4, 0.5) is 11.6 Å². The van der Waals surface area contributed by atoms with E-state index in [2.05, 4.69) is 41.5 Å². The Morgan fingerprint density at radius 2 is 1.79 bits per heavy atom. The van der Waals surface area contributed by atoms with Crippen molar-refractivity contribution in [2.75, 3.05) is 10.7 Å². The summed E-state index contributed by atoms with van der Waals surface area (Å²) in [5.41, 5.74) is 3.72. The highest BCUT2D eigenvalue weighted by molar-refractivity contribution is 5.57. The van der Waals surface area contributed by atoms with Crippen LogP contribution in [-0.2, 0) is 6.42 Å². The zero-order valence-corrected chi connectivity index (χ0v) is 12.1. The van der Waals surface area contributed by atoms with E-state index in [0.29, 0.717) is 6.04 Å². The van der Waals surface area contributed by atoms with Gasteiger partial charge >= 0.3 is 0 Å². The zero-order chi connectivity index (χ0) is 13.8. The van der Waals surface area contributed by atoms with Gasteiger partial charge < -0.3 is 10.7 Å². The van der Waals surface area contributed by atoms with Crippen molar-refractivity contribution in [2.45, 2.75) is 52.5 Å². The molecule has 5 heteroatoms. The van der Waals surface area contributed by atoms with Crippen LogP contribution in [0.1, 0.15) is 45.6 Å². The fraction of sp³-hybridized carbons (Fsp3) is 0.714. The first-order chi connectivity index (χ1) is 9.13. The van der Waals surface area contributed by atoms with E-state index in [-0.39, 0.29) is 0 Å². The highest BCUT2D eigenvalue weighted by Crippen LogP contribution is 2.31. The number of nitrogen functional groups attached to an aromatic ring is 1. The minimum atomic E-state index is 0.504. The second kappa shape index (κ2) is 6.19. The van der Waals surface area contributed by atoms with Crippen LogP contribution < -0.4 is 16.6 Å². The zero-order valence-electron chi connectivity index (χ0n) is 12.1. The molecule has 0 aliphatic heterocycles. The topological polar surface area (TPSA) is 75.9 Å². The summed E-state index contributed by atoms with van der Waals surface area (Å²) < 4.78 is 0. The van der Waals surface area contributed by atoms with Crippen LogP contribution in [0.15, 0.2) is 6.33 Å². The molecule has 1 aromatic heterocycles. The minimum Gasteiger partial charge on any atom is -0.367 e. The van der Waals surface area contributed by atoms with Crippen LogP contribution in [0.2, 0.25) is 0 Å². The van der Waals surface area contributed by atoms with Crippen molar-refractivity contribution in [1.82, 2.24) is 9.97 Å². The highest BCUT2D eigenvalue weighted by atomic mass is 15.3. The predicted molar refractivity (Wildman–Crippen MR) is 78.8 cm³/mol. The molecule has 106 valence electrons. The second-order valence-electron chi connectivity index (χ2n) is 5.81. The summed E-state index contributed by atoms with van der Waals surface area (Å²) in [4.78, 5) is 8.55. The predicted octanol–water partition coefficient (Wildman–Crippen LogP) is 2.56. The van der Waals surface area contributed by atoms with Crippen LogP contribution in [0.3, 0.4) is 0 Å². The summed E-state index contributed by atoms with van der Waals surface area (Å²) in [6.45, 7) is 6.76. The van der Waals surface area contributed by atoms with Gasteiger partial charge in [-0.1, -0.05) is 20.8 Å². The number of nitrogens with two attached hydrogens (primary N) is 1. The van der Waals surface area contributed by atoms with Gasteiger partial charge in [0.25, 0.3) is 0 Å². The Labute approximate surface area is 115 Å². The van der Waals surface area contributed by atoms with Crippen LogP contribution in [0.5, 0.6) is 0 Å².